The van der Waals surface area contributed by atoms with Gasteiger partial charge in [-0.05, 0) is 18.4 Å². The molecule has 3 aromatic rings. The van der Waals surface area contributed by atoms with E-state index in [1.165, 1.54) is 23.1 Å². The van der Waals surface area contributed by atoms with Crippen molar-refractivity contribution in [3.05, 3.63) is 30.0 Å². The van der Waals surface area contributed by atoms with Crippen molar-refractivity contribution >= 4 is 44.4 Å². The summed E-state index contributed by atoms with van der Waals surface area (Å²) in [5.74, 6) is 0.0145. The normalized spacial score (nSPS) is 10.9. The number of hydrogen-bond donors (Lipinski definition) is 1. The average Bonchev–Trinajstić information content (AvgIpc) is 3.09. The van der Waals surface area contributed by atoms with E-state index in [2.05, 4.69) is 15.4 Å². The number of methoxy groups -OCH3 is 1. The lowest BCUT2D eigenvalue weighted by Gasteiger charge is -2.00. The first-order valence-corrected chi connectivity index (χ1v) is 8.49. The molecule has 0 saturated heterocycles. The molecule has 114 valence electrons. The molecule has 0 spiro atoms. The highest BCUT2D eigenvalue weighted by Crippen LogP contribution is 2.32. The summed E-state index contributed by atoms with van der Waals surface area (Å²) in [5, 5.41) is 7.45. The Morgan fingerprint density at radius 3 is 3.00 bits per heavy atom. The molecule has 2 aromatic heterocycles. The molecular formula is C14H14N4O2S2. The summed E-state index contributed by atoms with van der Waals surface area (Å²) in [6.45, 7) is 0. The van der Waals surface area contributed by atoms with E-state index in [0.717, 1.165) is 15.1 Å². The Bertz CT molecular complexity index is 841. The summed E-state index contributed by atoms with van der Waals surface area (Å²) in [6, 6.07) is 6.00. The molecule has 1 amide bonds. The summed E-state index contributed by atoms with van der Waals surface area (Å²) in [7, 11) is 3.23. The number of benzene rings is 1. The first-order valence-electron chi connectivity index (χ1n) is 6.45. The molecule has 0 aliphatic heterocycles. The lowest BCUT2D eigenvalue weighted by molar-refractivity contribution is 0.102. The zero-order valence-electron chi connectivity index (χ0n) is 12.3. The quantitative estimate of drug-likeness (QED) is 0.743. The third kappa shape index (κ3) is 2.67. The number of rotatable bonds is 4. The SMILES string of the molecule is COc1nn(C)cc1C(=O)Nc1nc2c(SC)cccc2s1. The number of aryl methyl sites for hydroxylation is 1. The zero-order chi connectivity index (χ0) is 15.7. The van der Waals surface area contributed by atoms with Crippen molar-refractivity contribution in [2.45, 2.75) is 4.90 Å². The van der Waals surface area contributed by atoms with Crippen LogP contribution in [0.3, 0.4) is 0 Å². The largest absolute Gasteiger partial charge is 0.479 e. The van der Waals surface area contributed by atoms with E-state index in [1.54, 1.807) is 25.0 Å². The van der Waals surface area contributed by atoms with Crippen LogP contribution in [0, 0.1) is 0 Å². The number of carbonyl (C=O) groups is 1. The zero-order valence-corrected chi connectivity index (χ0v) is 13.9. The molecule has 2 heterocycles. The Hall–Kier alpha value is -2.06. The van der Waals surface area contributed by atoms with Gasteiger partial charge in [0.15, 0.2) is 5.13 Å². The maximum Gasteiger partial charge on any atom is 0.264 e. The molecule has 0 aliphatic rings. The van der Waals surface area contributed by atoms with Crippen LogP contribution in [0.1, 0.15) is 10.4 Å². The number of aromatic nitrogens is 3. The van der Waals surface area contributed by atoms with E-state index in [4.69, 9.17) is 4.74 Å². The molecule has 0 atom stereocenters. The monoisotopic (exact) mass is 334 g/mol. The Kier molecular flexibility index (Phi) is 4.04. The van der Waals surface area contributed by atoms with Crippen LogP contribution in [-0.2, 0) is 7.05 Å². The molecule has 8 heteroatoms. The minimum absolute atomic E-state index is 0.283. The van der Waals surface area contributed by atoms with Crippen molar-refractivity contribution in [3.63, 3.8) is 0 Å². The second-order valence-electron chi connectivity index (χ2n) is 4.51. The number of nitrogens with one attached hydrogen (secondary N) is 1. The summed E-state index contributed by atoms with van der Waals surface area (Å²) in [5.41, 5.74) is 1.29. The van der Waals surface area contributed by atoms with Crippen molar-refractivity contribution in [2.75, 3.05) is 18.7 Å². The molecule has 0 aliphatic carbocycles. The van der Waals surface area contributed by atoms with E-state index >= 15 is 0 Å². The predicted octanol–water partition coefficient (Wildman–Crippen LogP) is 3.01. The van der Waals surface area contributed by atoms with Gasteiger partial charge in [0.1, 0.15) is 5.56 Å². The van der Waals surface area contributed by atoms with Gasteiger partial charge in [0.2, 0.25) is 5.88 Å². The Morgan fingerprint density at radius 1 is 1.45 bits per heavy atom. The van der Waals surface area contributed by atoms with Gasteiger partial charge in [-0.25, -0.2) is 4.98 Å². The highest BCUT2D eigenvalue weighted by atomic mass is 32.2. The van der Waals surface area contributed by atoms with Crippen LogP contribution in [0.15, 0.2) is 29.3 Å². The number of amides is 1. The first kappa shape index (κ1) is 14.9. The number of thiazole rings is 1. The number of anilines is 1. The predicted molar refractivity (Wildman–Crippen MR) is 89.1 cm³/mol. The highest BCUT2D eigenvalue weighted by Gasteiger charge is 2.18. The standard InChI is InChI=1S/C14H14N4O2S2/c1-18-7-8(13(17-18)20-2)12(19)16-14-15-11-9(21-3)5-4-6-10(11)22-14/h4-7H,1-3H3,(H,15,16,19). The third-order valence-electron chi connectivity index (χ3n) is 3.06. The lowest BCUT2D eigenvalue weighted by atomic mass is 10.3. The number of thioether (sulfide) groups is 1. The van der Waals surface area contributed by atoms with Crippen LogP contribution in [0.5, 0.6) is 5.88 Å². The fraction of sp³-hybridized carbons (Fsp3) is 0.214. The van der Waals surface area contributed by atoms with Crippen LogP contribution < -0.4 is 10.1 Å². The van der Waals surface area contributed by atoms with Gasteiger partial charge in [-0.2, -0.15) is 0 Å². The second kappa shape index (κ2) is 5.98. The maximum atomic E-state index is 12.4. The van der Waals surface area contributed by atoms with Gasteiger partial charge in [0.05, 0.1) is 17.3 Å². The minimum atomic E-state index is -0.283. The second-order valence-corrected chi connectivity index (χ2v) is 6.38. The van der Waals surface area contributed by atoms with Crippen molar-refractivity contribution < 1.29 is 9.53 Å². The van der Waals surface area contributed by atoms with Gasteiger partial charge >= 0.3 is 0 Å². The van der Waals surface area contributed by atoms with Gasteiger partial charge < -0.3 is 4.74 Å². The smallest absolute Gasteiger partial charge is 0.264 e. The molecule has 1 N–H and O–H groups in total. The van der Waals surface area contributed by atoms with E-state index in [-0.39, 0.29) is 5.91 Å². The molecule has 0 fully saturated rings. The van der Waals surface area contributed by atoms with Gasteiger partial charge in [0.25, 0.3) is 5.91 Å². The van der Waals surface area contributed by atoms with Crippen molar-refractivity contribution in [2.24, 2.45) is 7.05 Å². The molecule has 22 heavy (non-hydrogen) atoms. The van der Waals surface area contributed by atoms with Crippen molar-refractivity contribution in [3.8, 4) is 5.88 Å². The molecule has 0 saturated carbocycles. The number of para-hydroxylation sites is 1. The third-order valence-corrected chi connectivity index (χ3v) is 4.76. The van der Waals surface area contributed by atoms with Gasteiger partial charge in [0, 0.05) is 18.1 Å². The van der Waals surface area contributed by atoms with Gasteiger partial charge in [-0.3, -0.25) is 14.8 Å². The van der Waals surface area contributed by atoms with Crippen LogP contribution in [0.25, 0.3) is 10.2 Å². The highest BCUT2D eigenvalue weighted by molar-refractivity contribution is 7.98. The van der Waals surface area contributed by atoms with Crippen LogP contribution in [0.2, 0.25) is 0 Å². The number of carbonyl (C=O) groups excluding carboxylic acids is 1. The molecule has 0 radical (unpaired) electrons. The van der Waals surface area contributed by atoms with E-state index in [1.807, 2.05) is 24.5 Å². The first-order chi connectivity index (χ1) is 10.6. The topological polar surface area (TPSA) is 69.0 Å². The average molecular weight is 334 g/mol. The van der Waals surface area contributed by atoms with Gasteiger partial charge in [-0.1, -0.05) is 17.4 Å². The van der Waals surface area contributed by atoms with Crippen LogP contribution >= 0.6 is 23.1 Å². The fourth-order valence-electron chi connectivity index (χ4n) is 2.08. The molecular weight excluding hydrogens is 320 g/mol. The lowest BCUT2D eigenvalue weighted by Crippen LogP contribution is -2.12. The summed E-state index contributed by atoms with van der Waals surface area (Å²) >= 11 is 3.08. The Balaban J connectivity index is 1.91. The van der Waals surface area contributed by atoms with E-state index in [0.29, 0.717) is 16.6 Å². The maximum absolute atomic E-state index is 12.4. The number of hydrogen-bond acceptors (Lipinski definition) is 6. The summed E-state index contributed by atoms with van der Waals surface area (Å²) < 4.78 is 7.69. The van der Waals surface area contributed by atoms with E-state index in [9.17, 15) is 4.79 Å². The Morgan fingerprint density at radius 2 is 2.27 bits per heavy atom. The van der Waals surface area contributed by atoms with Crippen LogP contribution in [-0.4, -0.2) is 34.0 Å². The van der Waals surface area contributed by atoms with Crippen molar-refractivity contribution in [1.82, 2.24) is 14.8 Å². The Labute approximate surface area is 135 Å². The van der Waals surface area contributed by atoms with E-state index < -0.39 is 0 Å². The molecule has 1 aromatic carbocycles. The molecule has 3 rings (SSSR count). The minimum Gasteiger partial charge on any atom is -0.479 e. The summed E-state index contributed by atoms with van der Waals surface area (Å²) in [4.78, 5) is 18.0. The fourth-order valence-corrected chi connectivity index (χ4v) is 3.60. The number of nitrogens with zero attached hydrogens (tertiary/aromatic N) is 3. The molecule has 0 unspecified atom stereocenters. The van der Waals surface area contributed by atoms with Gasteiger partial charge in [-0.15, -0.1) is 16.9 Å². The molecule has 6 nitrogen and oxygen atoms in total. The van der Waals surface area contributed by atoms with Crippen molar-refractivity contribution in [1.29, 1.82) is 0 Å². The summed E-state index contributed by atoms with van der Waals surface area (Å²) in [6.07, 6.45) is 3.63. The van der Waals surface area contributed by atoms with Crippen LogP contribution in [0.4, 0.5) is 5.13 Å². The number of fused-ring (bicyclic) bond motifs is 1. The number of ether oxygens (including phenoxy) is 1. The molecule has 0 bridgehead atoms.